The third kappa shape index (κ3) is 8.89. The van der Waals surface area contributed by atoms with E-state index in [1.807, 2.05) is 6.92 Å². The highest BCUT2D eigenvalue weighted by molar-refractivity contribution is 5.79. The van der Waals surface area contributed by atoms with E-state index in [4.69, 9.17) is 9.73 Å². The smallest absolute Gasteiger partial charge is 0.191 e. The van der Waals surface area contributed by atoms with Crippen molar-refractivity contribution in [3.8, 4) is 0 Å². The summed E-state index contributed by atoms with van der Waals surface area (Å²) < 4.78 is 5.37. The van der Waals surface area contributed by atoms with Gasteiger partial charge in [0.1, 0.15) is 0 Å². The van der Waals surface area contributed by atoms with E-state index in [0.717, 1.165) is 51.6 Å². The Hall–Kier alpha value is -1.59. The molecule has 0 aliphatic rings. The predicted molar refractivity (Wildman–Crippen MR) is 107 cm³/mol. The van der Waals surface area contributed by atoms with Crippen LogP contribution in [0.5, 0.6) is 0 Å². The van der Waals surface area contributed by atoms with Gasteiger partial charge < -0.3 is 20.3 Å². The molecule has 0 aliphatic heterocycles. The van der Waals surface area contributed by atoms with Crippen LogP contribution in [0.3, 0.4) is 0 Å². The van der Waals surface area contributed by atoms with Crippen LogP contribution < -0.4 is 10.6 Å². The van der Waals surface area contributed by atoms with E-state index in [1.165, 1.54) is 11.1 Å². The number of aliphatic imine (C=N–C) groups is 1. The molecule has 1 aromatic carbocycles. The van der Waals surface area contributed by atoms with Crippen LogP contribution in [-0.4, -0.2) is 57.8 Å². The number of benzene rings is 1. The Kier molecular flexibility index (Phi) is 10.9. The van der Waals surface area contributed by atoms with E-state index in [9.17, 15) is 0 Å². The molecule has 142 valence electrons. The van der Waals surface area contributed by atoms with Crippen molar-refractivity contribution in [1.29, 1.82) is 0 Å². The van der Waals surface area contributed by atoms with E-state index in [0.29, 0.717) is 0 Å². The SMILES string of the molecule is CCNC(=NCC(c1ccc(C)cc1)N(C)C)NCCCCOCC. The van der Waals surface area contributed by atoms with Gasteiger partial charge in [-0.05, 0) is 53.3 Å². The second kappa shape index (κ2) is 12.7. The monoisotopic (exact) mass is 348 g/mol. The number of likely N-dealkylation sites (N-methyl/N-ethyl adjacent to an activating group) is 1. The molecule has 1 aromatic rings. The van der Waals surface area contributed by atoms with Crippen LogP contribution >= 0.6 is 0 Å². The lowest BCUT2D eigenvalue weighted by Gasteiger charge is -2.24. The first-order chi connectivity index (χ1) is 12.1. The van der Waals surface area contributed by atoms with Crippen molar-refractivity contribution in [3.05, 3.63) is 35.4 Å². The molecule has 0 radical (unpaired) electrons. The standard InChI is InChI=1S/C20H36N4O/c1-6-21-20(22-14-8-9-15-25-7-2)23-16-19(24(4)5)18-12-10-17(3)11-13-18/h10-13,19H,6-9,14-16H2,1-5H3,(H2,21,22,23). The van der Waals surface area contributed by atoms with Gasteiger partial charge >= 0.3 is 0 Å². The molecule has 0 saturated carbocycles. The fraction of sp³-hybridized carbons (Fsp3) is 0.650. The van der Waals surface area contributed by atoms with E-state index in [-0.39, 0.29) is 6.04 Å². The molecule has 0 fully saturated rings. The highest BCUT2D eigenvalue weighted by Gasteiger charge is 2.13. The summed E-state index contributed by atoms with van der Waals surface area (Å²) in [6, 6.07) is 9.00. The molecule has 1 unspecified atom stereocenters. The maximum absolute atomic E-state index is 5.37. The summed E-state index contributed by atoms with van der Waals surface area (Å²) in [6.07, 6.45) is 2.16. The van der Waals surface area contributed by atoms with Crippen molar-refractivity contribution in [3.63, 3.8) is 0 Å². The largest absolute Gasteiger partial charge is 0.382 e. The number of aryl methyl sites for hydroxylation is 1. The van der Waals surface area contributed by atoms with Gasteiger partial charge in [0.2, 0.25) is 0 Å². The van der Waals surface area contributed by atoms with Gasteiger partial charge in [0.05, 0.1) is 12.6 Å². The number of nitrogens with one attached hydrogen (secondary N) is 2. The van der Waals surface area contributed by atoms with Gasteiger partial charge in [-0.1, -0.05) is 29.8 Å². The molecular weight excluding hydrogens is 312 g/mol. The zero-order valence-electron chi connectivity index (χ0n) is 16.6. The van der Waals surface area contributed by atoms with Crippen LogP contribution in [0.2, 0.25) is 0 Å². The number of guanidine groups is 1. The van der Waals surface area contributed by atoms with E-state index in [1.54, 1.807) is 0 Å². The average molecular weight is 349 g/mol. The van der Waals surface area contributed by atoms with Crippen LogP contribution in [-0.2, 0) is 4.74 Å². The molecule has 0 heterocycles. The Balaban J connectivity index is 2.58. The molecule has 0 amide bonds. The number of hydrogen-bond donors (Lipinski definition) is 2. The fourth-order valence-corrected chi connectivity index (χ4v) is 2.56. The lowest BCUT2D eigenvalue weighted by molar-refractivity contribution is 0.143. The van der Waals surface area contributed by atoms with Crippen LogP contribution in [0.1, 0.15) is 43.9 Å². The second-order valence-electron chi connectivity index (χ2n) is 6.44. The van der Waals surface area contributed by atoms with Gasteiger partial charge in [0, 0.05) is 26.3 Å². The zero-order valence-corrected chi connectivity index (χ0v) is 16.6. The summed E-state index contributed by atoms with van der Waals surface area (Å²) in [5, 5.41) is 6.75. The van der Waals surface area contributed by atoms with Crippen molar-refractivity contribution >= 4 is 5.96 Å². The van der Waals surface area contributed by atoms with Crippen molar-refractivity contribution in [2.24, 2.45) is 4.99 Å². The van der Waals surface area contributed by atoms with Gasteiger partial charge in [-0.15, -0.1) is 0 Å². The Morgan fingerprint density at radius 3 is 2.44 bits per heavy atom. The number of hydrogen-bond acceptors (Lipinski definition) is 3. The van der Waals surface area contributed by atoms with E-state index in [2.05, 4.69) is 67.7 Å². The van der Waals surface area contributed by atoms with Crippen molar-refractivity contribution in [1.82, 2.24) is 15.5 Å². The molecule has 25 heavy (non-hydrogen) atoms. The predicted octanol–water partition coefficient (Wildman–Crippen LogP) is 2.97. The Morgan fingerprint density at radius 2 is 1.84 bits per heavy atom. The molecule has 0 aromatic heterocycles. The first kappa shape index (κ1) is 21.5. The van der Waals surface area contributed by atoms with Crippen molar-refractivity contribution in [2.45, 2.75) is 39.7 Å². The van der Waals surface area contributed by atoms with E-state index >= 15 is 0 Å². The molecule has 0 spiro atoms. The molecule has 2 N–H and O–H groups in total. The quantitative estimate of drug-likeness (QED) is 0.367. The van der Waals surface area contributed by atoms with Gasteiger partial charge in [0.15, 0.2) is 5.96 Å². The lowest BCUT2D eigenvalue weighted by Crippen LogP contribution is -2.38. The van der Waals surface area contributed by atoms with Crippen LogP contribution in [0.4, 0.5) is 0 Å². The van der Waals surface area contributed by atoms with Crippen LogP contribution in [0, 0.1) is 6.92 Å². The van der Waals surface area contributed by atoms with Gasteiger partial charge in [0.25, 0.3) is 0 Å². The molecule has 0 saturated heterocycles. The molecule has 5 nitrogen and oxygen atoms in total. The summed E-state index contributed by atoms with van der Waals surface area (Å²) in [4.78, 5) is 7.01. The van der Waals surface area contributed by atoms with Crippen molar-refractivity contribution in [2.75, 3.05) is 46.9 Å². The number of ether oxygens (including phenoxy) is 1. The Bertz CT molecular complexity index is 485. The molecule has 1 rings (SSSR count). The fourth-order valence-electron chi connectivity index (χ4n) is 2.56. The molecule has 0 bridgehead atoms. The maximum atomic E-state index is 5.37. The zero-order chi connectivity index (χ0) is 18.5. The highest BCUT2D eigenvalue weighted by Crippen LogP contribution is 2.19. The Labute approximate surface area is 153 Å². The topological polar surface area (TPSA) is 48.9 Å². The summed E-state index contributed by atoms with van der Waals surface area (Å²) in [6.45, 7) is 10.4. The molecule has 1 atom stereocenters. The minimum Gasteiger partial charge on any atom is -0.382 e. The van der Waals surface area contributed by atoms with Gasteiger partial charge in [-0.25, -0.2) is 0 Å². The number of rotatable bonds is 11. The van der Waals surface area contributed by atoms with Gasteiger partial charge in [-0.2, -0.15) is 0 Å². The maximum Gasteiger partial charge on any atom is 0.191 e. The normalized spacial score (nSPS) is 13.1. The first-order valence-electron chi connectivity index (χ1n) is 9.41. The third-order valence-corrected chi connectivity index (χ3v) is 4.06. The lowest BCUT2D eigenvalue weighted by atomic mass is 10.0. The summed E-state index contributed by atoms with van der Waals surface area (Å²) in [5.41, 5.74) is 2.58. The molecular formula is C20H36N4O. The van der Waals surface area contributed by atoms with Crippen LogP contribution in [0.15, 0.2) is 29.3 Å². The summed E-state index contributed by atoms with van der Waals surface area (Å²) >= 11 is 0. The minimum atomic E-state index is 0.272. The van der Waals surface area contributed by atoms with Crippen molar-refractivity contribution < 1.29 is 4.74 Å². The summed E-state index contributed by atoms with van der Waals surface area (Å²) in [7, 11) is 4.21. The molecule has 5 heteroatoms. The van der Waals surface area contributed by atoms with Crippen LogP contribution in [0.25, 0.3) is 0 Å². The molecule has 0 aliphatic carbocycles. The second-order valence-corrected chi connectivity index (χ2v) is 6.44. The highest BCUT2D eigenvalue weighted by atomic mass is 16.5. The average Bonchev–Trinajstić information content (AvgIpc) is 2.59. The number of unbranched alkanes of at least 4 members (excludes halogenated alkanes) is 1. The van der Waals surface area contributed by atoms with Gasteiger partial charge in [-0.3, -0.25) is 4.99 Å². The van der Waals surface area contributed by atoms with E-state index < -0.39 is 0 Å². The summed E-state index contributed by atoms with van der Waals surface area (Å²) in [5.74, 6) is 0.887. The first-order valence-corrected chi connectivity index (χ1v) is 9.41. The number of nitrogens with zero attached hydrogens (tertiary/aromatic N) is 2. The minimum absolute atomic E-state index is 0.272. The Morgan fingerprint density at radius 1 is 1.12 bits per heavy atom. The third-order valence-electron chi connectivity index (χ3n) is 4.06.